The smallest absolute Gasteiger partial charge is 0.422 e. The van der Waals surface area contributed by atoms with Crippen LogP contribution < -0.4 is 15.1 Å². The van der Waals surface area contributed by atoms with Gasteiger partial charge in [0, 0.05) is 44.9 Å². The van der Waals surface area contributed by atoms with Crippen LogP contribution in [0.1, 0.15) is 20.8 Å². The third-order valence-corrected chi connectivity index (χ3v) is 5.18. The number of benzene rings is 1. The van der Waals surface area contributed by atoms with E-state index in [1.807, 2.05) is 55.7 Å². The number of anilines is 1. The van der Waals surface area contributed by atoms with Crippen molar-refractivity contribution in [2.45, 2.75) is 26.4 Å². The molecule has 29 heavy (non-hydrogen) atoms. The number of nitrogens with one attached hydrogen (secondary N) is 1. The molecule has 1 aliphatic rings. The molecule has 1 amide bonds. The molecule has 1 fully saturated rings. The molecule has 1 aliphatic heterocycles. The Morgan fingerprint density at radius 1 is 1.21 bits per heavy atom. The van der Waals surface area contributed by atoms with Crippen LogP contribution in [-0.2, 0) is 11.8 Å². The molecule has 8 nitrogen and oxygen atoms in total. The summed E-state index contributed by atoms with van der Waals surface area (Å²) in [6.45, 7) is 8.48. The molecule has 0 radical (unpaired) electrons. The minimum absolute atomic E-state index is 0.421. The van der Waals surface area contributed by atoms with Gasteiger partial charge in [0.05, 0.1) is 17.3 Å². The summed E-state index contributed by atoms with van der Waals surface area (Å²) in [7, 11) is 3.60. The number of piperazine rings is 1. The van der Waals surface area contributed by atoms with Crippen LogP contribution in [0.2, 0.25) is 0 Å². The Hall–Kier alpha value is -2.26. The fourth-order valence-corrected chi connectivity index (χ4v) is 3.81. The van der Waals surface area contributed by atoms with Crippen LogP contribution in [-0.4, -0.2) is 59.8 Å². The molecule has 2 aromatic rings. The van der Waals surface area contributed by atoms with E-state index in [-0.39, 0.29) is 0 Å². The number of ether oxygens (including phenoxy) is 2. The molecule has 1 aromatic carbocycles. The first-order valence-electron chi connectivity index (χ1n) is 9.54. The van der Waals surface area contributed by atoms with Gasteiger partial charge in [-0.2, -0.15) is 5.10 Å². The van der Waals surface area contributed by atoms with E-state index in [0.717, 1.165) is 40.4 Å². The first-order valence-corrected chi connectivity index (χ1v) is 10.3. The van der Waals surface area contributed by atoms with Crippen molar-refractivity contribution in [2.24, 2.45) is 7.05 Å². The van der Waals surface area contributed by atoms with Gasteiger partial charge in [0.1, 0.15) is 17.2 Å². The normalized spacial score (nSPS) is 15.3. The van der Waals surface area contributed by atoms with E-state index in [1.165, 1.54) is 0 Å². The third-order valence-electron chi connectivity index (χ3n) is 4.55. The van der Waals surface area contributed by atoms with E-state index in [1.54, 1.807) is 7.11 Å². The number of hydrazine groups is 1. The van der Waals surface area contributed by atoms with Crippen LogP contribution in [0, 0.1) is 0 Å². The maximum Gasteiger partial charge on any atom is 0.422 e. The monoisotopic (exact) mass is 465 g/mol. The highest BCUT2D eigenvalue weighted by Gasteiger charge is 2.24. The molecule has 1 N–H and O–H groups in total. The number of rotatable bonds is 4. The minimum atomic E-state index is -0.509. The zero-order chi connectivity index (χ0) is 21.2. The molecule has 0 atom stereocenters. The molecule has 2 heterocycles. The zero-order valence-electron chi connectivity index (χ0n) is 17.5. The van der Waals surface area contributed by atoms with E-state index < -0.39 is 11.7 Å². The van der Waals surface area contributed by atoms with Crippen molar-refractivity contribution in [1.29, 1.82) is 0 Å². The summed E-state index contributed by atoms with van der Waals surface area (Å²) in [6.07, 6.45) is -0.421. The Balaban J connectivity index is 1.67. The van der Waals surface area contributed by atoms with Gasteiger partial charge in [0.25, 0.3) is 0 Å². The Kier molecular flexibility index (Phi) is 6.38. The number of nitrogens with zero attached hydrogens (tertiary/aromatic N) is 4. The highest BCUT2D eigenvalue weighted by molar-refractivity contribution is 9.10. The summed E-state index contributed by atoms with van der Waals surface area (Å²) >= 11 is 3.53. The van der Waals surface area contributed by atoms with Crippen LogP contribution in [0.25, 0.3) is 11.3 Å². The summed E-state index contributed by atoms with van der Waals surface area (Å²) in [5, 5.41) is 6.57. The zero-order valence-corrected chi connectivity index (χ0v) is 19.1. The molecule has 1 aromatic heterocycles. The molecule has 3 rings (SSSR count). The van der Waals surface area contributed by atoms with Crippen LogP contribution in [0.5, 0.6) is 5.75 Å². The summed E-state index contributed by atoms with van der Waals surface area (Å²) < 4.78 is 13.6. The molecule has 9 heteroatoms. The van der Waals surface area contributed by atoms with Gasteiger partial charge >= 0.3 is 6.09 Å². The summed E-state index contributed by atoms with van der Waals surface area (Å²) in [5.74, 6) is 1.79. The van der Waals surface area contributed by atoms with Crippen molar-refractivity contribution >= 4 is 27.8 Å². The Labute approximate surface area is 179 Å². The summed E-state index contributed by atoms with van der Waals surface area (Å²) in [4.78, 5) is 14.2. The fourth-order valence-electron chi connectivity index (χ4n) is 3.28. The molecule has 0 unspecified atom stereocenters. The quantitative estimate of drug-likeness (QED) is 0.745. The van der Waals surface area contributed by atoms with Crippen LogP contribution in [0.15, 0.2) is 28.7 Å². The number of methoxy groups -OCH3 is 1. The number of aryl methyl sites for hydroxylation is 1. The molecule has 0 bridgehead atoms. The Morgan fingerprint density at radius 2 is 1.90 bits per heavy atom. The van der Waals surface area contributed by atoms with Gasteiger partial charge in [-0.15, -0.1) is 0 Å². The summed E-state index contributed by atoms with van der Waals surface area (Å²) in [6, 6.07) is 7.99. The van der Waals surface area contributed by atoms with Crippen molar-refractivity contribution in [3.05, 3.63) is 28.7 Å². The first-order chi connectivity index (χ1) is 13.7. The lowest BCUT2D eigenvalue weighted by molar-refractivity contribution is 0.0320. The number of hydrogen-bond donors (Lipinski definition) is 1. The number of carbonyl (C=O) groups is 1. The van der Waals surface area contributed by atoms with Crippen molar-refractivity contribution < 1.29 is 14.3 Å². The Morgan fingerprint density at radius 3 is 2.52 bits per heavy atom. The van der Waals surface area contributed by atoms with Gasteiger partial charge in [-0.1, -0.05) is 6.07 Å². The van der Waals surface area contributed by atoms with E-state index >= 15 is 0 Å². The number of para-hydroxylation sites is 1. The second-order valence-electron chi connectivity index (χ2n) is 7.92. The van der Waals surface area contributed by atoms with Gasteiger partial charge in [-0.3, -0.25) is 10.1 Å². The Bertz CT molecular complexity index is 869. The van der Waals surface area contributed by atoms with Crippen molar-refractivity contribution in [2.75, 3.05) is 38.2 Å². The average molecular weight is 466 g/mol. The van der Waals surface area contributed by atoms with Crippen LogP contribution in [0.3, 0.4) is 0 Å². The van der Waals surface area contributed by atoms with E-state index in [9.17, 15) is 4.79 Å². The summed E-state index contributed by atoms with van der Waals surface area (Å²) in [5.41, 5.74) is 4.10. The van der Waals surface area contributed by atoms with Crippen LogP contribution in [0.4, 0.5) is 10.6 Å². The van der Waals surface area contributed by atoms with E-state index in [2.05, 4.69) is 37.4 Å². The topological polar surface area (TPSA) is 71.9 Å². The minimum Gasteiger partial charge on any atom is -0.495 e. The number of halogens is 1. The van der Waals surface area contributed by atoms with Gasteiger partial charge in [0.15, 0.2) is 0 Å². The molecule has 1 saturated heterocycles. The molecule has 158 valence electrons. The number of aromatic nitrogens is 2. The third kappa shape index (κ3) is 5.22. The van der Waals surface area contributed by atoms with Crippen LogP contribution >= 0.6 is 15.9 Å². The highest BCUT2D eigenvalue weighted by atomic mass is 79.9. The van der Waals surface area contributed by atoms with Crippen molar-refractivity contribution in [3.63, 3.8) is 0 Å². The predicted octanol–water partition coefficient (Wildman–Crippen LogP) is 3.42. The van der Waals surface area contributed by atoms with Gasteiger partial charge in [-0.25, -0.2) is 9.80 Å². The fraction of sp³-hybridized carbons (Fsp3) is 0.500. The number of carbonyl (C=O) groups excluding carboxylic acids is 1. The lowest BCUT2D eigenvalue weighted by Crippen LogP contribution is -2.54. The highest BCUT2D eigenvalue weighted by Crippen LogP contribution is 2.36. The maximum atomic E-state index is 12.0. The molecular weight excluding hydrogens is 438 g/mol. The second-order valence-corrected chi connectivity index (χ2v) is 8.77. The second kappa shape index (κ2) is 8.62. The lowest BCUT2D eigenvalue weighted by Gasteiger charge is -2.35. The predicted molar refractivity (Wildman–Crippen MR) is 116 cm³/mol. The maximum absolute atomic E-state index is 12.0. The van der Waals surface area contributed by atoms with E-state index in [4.69, 9.17) is 9.47 Å². The first kappa shape index (κ1) is 21.4. The van der Waals surface area contributed by atoms with Gasteiger partial charge in [-0.05, 0) is 48.8 Å². The SMILES string of the molecule is COc1c(Br)cccc1-c1cc(N2CCN(NC(=O)OC(C)(C)C)CC2)n(C)n1. The van der Waals surface area contributed by atoms with Crippen molar-refractivity contribution in [3.8, 4) is 17.0 Å². The number of hydrogen-bond acceptors (Lipinski definition) is 6. The largest absolute Gasteiger partial charge is 0.495 e. The standard InChI is InChI=1S/C20H28BrN5O3/c1-20(2,3)29-19(27)23-26-11-9-25(10-12-26)17-13-16(22-24(17)4)14-7-6-8-15(21)18(14)28-5/h6-8,13H,9-12H2,1-5H3,(H,23,27). The molecule has 0 aliphatic carbocycles. The lowest BCUT2D eigenvalue weighted by atomic mass is 10.1. The van der Waals surface area contributed by atoms with Gasteiger partial charge < -0.3 is 14.4 Å². The molecule has 0 saturated carbocycles. The van der Waals surface area contributed by atoms with Crippen molar-refractivity contribution in [1.82, 2.24) is 20.2 Å². The average Bonchev–Trinajstić information content (AvgIpc) is 3.02. The number of amides is 1. The van der Waals surface area contributed by atoms with E-state index in [0.29, 0.717) is 13.1 Å². The molecule has 0 spiro atoms. The van der Waals surface area contributed by atoms with Gasteiger partial charge in [0.2, 0.25) is 0 Å². The molecular formula is C20H28BrN5O3.